The van der Waals surface area contributed by atoms with Crippen molar-refractivity contribution in [1.29, 1.82) is 0 Å². The SMILES string of the molecule is COc1cc(C(C)NCc2ccc3occc3c2)ccn1. The molecule has 1 atom stereocenters. The summed E-state index contributed by atoms with van der Waals surface area (Å²) in [6, 6.07) is 12.4. The lowest BCUT2D eigenvalue weighted by molar-refractivity contribution is 0.396. The molecule has 0 aliphatic carbocycles. The predicted octanol–water partition coefficient (Wildman–Crippen LogP) is 3.69. The maximum atomic E-state index is 5.35. The minimum absolute atomic E-state index is 0.224. The maximum absolute atomic E-state index is 5.35. The molecule has 2 aromatic heterocycles. The fourth-order valence-corrected chi connectivity index (χ4v) is 2.32. The molecule has 0 spiro atoms. The largest absolute Gasteiger partial charge is 0.481 e. The molecule has 4 nitrogen and oxygen atoms in total. The molecule has 0 amide bonds. The van der Waals surface area contributed by atoms with E-state index < -0.39 is 0 Å². The smallest absolute Gasteiger partial charge is 0.213 e. The molecular formula is C17H18N2O2. The van der Waals surface area contributed by atoms with Gasteiger partial charge in [-0.2, -0.15) is 0 Å². The van der Waals surface area contributed by atoms with Crippen LogP contribution in [0.3, 0.4) is 0 Å². The van der Waals surface area contributed by atoms with Crippen LogP contribution >= 0.6 is 0 Å². The van der Waals surface area contributed by atoms with Crippen molar-refractivity contribution < 1.29 is 9.15 Å². The lowest BCUT2D eigenvalue weighted by Crippen LogP contribution is -2.18. The molecule has 108 valence electrons. The maximum Gasteiger partial charge on any atom is 0.213 e. The lowest BCUT2D eigenvalue weighted by Gasteiger charge is -2.14. The summed E-state index contributed by atoms with van der Waals surface area (Å²) in [5.41, 5.74) is 3.31. The number of hydrogen-bond donors (Lipinski definition) is 1. The van der Waals surface area contributed by atoms with Gasteiger partial charge >= 0.3 is 0 Å². The number of rotatable bonds is 5. The van der Waals surface area contributed by atoms with E-state index in [1.54, 1.807) is 19.6 Å². The van der Waals surface area contributed by atoms with Gasteiger partial charge in [-0.05, 0) is 42.3 Å². The number of benzene rings is 1. The molecule has 0 saturated carbocycles. The van der Waals surface area contributed by atoms with Gasteiger partial charge in [0, 0.05) is 30.2 Å². The van der Waals surface area contributed by atoms with Gasteiger partial charge in [-0.25, -0.2) is 4.98 Å². The van der Waals surface area contributed by atoms with E-state index in [0.717, 1.165) is 23.1 Å². The Morgan fingerprint density at radius 3 is 3.00 bits per heavy atom. The lowest BCUT2D eigenvalue weighted by atomic mass is 10.1. The third-order valence-electron chi connectivity index (χ3n) is 3.60. The second-order valence-corrected chi connectivity index (χ2v) is 5.03. The zero-order valence-corrected chi connectivity index (χ0v) is 12.2. The summed E-state index contributed by atoms with van der Waals surface area (Å²) < 4.78 is 10.5. The van der Waals surface area contributed by atoms with Crippen molar-refractivity contribution in [3.8, 4) is 5.88 Å². The number of aromatic nitrogens is 1. The van der Waals surface area contributed by atoms with E-state index in [0.29, 0.717) is 5.88 Å². The summed E-state index contributed by atoms with van der Waals surface area (Å²) in [6.45, 7) is 2.93. The molecular weight excluding hydrogens is 264 g/mol. The standard InChI is InChI=1S/C17H18N2O2/c1-12(14-5-7-18-17(10-14)20-2)19-11-13-3-4-16-15(9-13)6-8-21-16/h3-10,12,19H,11H2,1-2H3. The van der Waals surface area contributed by atoms with Crippen LogP contribution in [0.5, 0.6) is 5.88 Å². The Labute approximate surface area is 123 Å². The quantitative estimate of drug-likeness (QED) is 0.775. The first-order chi connectivity index (χ1) is 10.3. The number of hydrogen-bond acceptors (Lipinski definition) is 4. The Kier molecular flexibility index (Phi) is 3.88. The summed E-state index contributed by atoms with van der Waals surface area (Å²) >= 11 is 0. The van der Waals surface area contributed by atoms with Gasteiger partial charge in [-0.1, -0.05) is 6.07 Å². The van der Waals surface area contributed by atoms with Crippen LogP contribution in [0.25, 0.3) is 11.0 Å². The number of pyridine rings is 1. The zero-order chi connectivity index (χ0) is 14.7. The Bertz CT molecular complexity index is 736. The second kappa shape index (κ2) is 5.97. The Morgan fingerprint density at radius 2 is 2.14 bits per heavy atom. The first-order valence-electron chi connectivity index (χ1n) is 6.96. The number of fused-ring (bicyclic) bond motifs is 1. The van der Waals surface area contributed by atoms with Crippen molar-refractivity contribution in [3.63, 3.8) is 0 Å². The highest BCUT2D eigenvalue weighted by molar-refractivity contribution is 5.77. The van der Waals surface area contributed by atoms with E-state index in [1.807, 2.05) is 24.3 Å². The summed E-state index contributed by atoms with van der Waals surface area (Å²) in [4.78, 5) is 4.13. The van der Waals surface area contributed by atoms with Crippen LogP contribution in [0.4, 0.5) is 0 Å². The predicted molar refractivity (Wildman–Crippen MR) is 82.3 cm³/mol. The van der Waals surface area contributed by atoms with Gasteiger partial charge in [-0.15, -0.1) is 0 Å². The molecule has 1 unspecified atom stereocenters. The Morgan fingerprint density at radius 1 is 1.24 bits per heavy atom. The van der Waals surface area contributed by atoms with Gasteiger partial charge < -0.3 is 14.5 Å². The first kappa shape index (κ1) is 13.6. The molecule has 0 aliphatic heterocycles. The number of methoxy groups -OCH3 is 1. The molecule has 1 N–H and O–H groups in total. The summed E-state index contributed by atoms with van der Waals surface area (Å²) in [7, 11) is 1.63. The zero-order valence-electron chi connectivity index (χ0n) is 12.2. The van der Waals surface area contributed by atoms with Crippen molar-refractivity contribution >= 4 is 11.0 Å². The monoisotopic (exact) mass is 282 g/mol. The van der Waals surface area contributed by atoms with Crippen molar-refractivity contribution in [3.05, 3.63) is 60.0 Å². The second-order valence-electron chi connectivity index (χ2n) is 5.03. The average molecular weight is 282 g/mol. The van der Waals surface area contributed by atoms with E-state index in [2.05, 4.69) is 29.4 Å². The molecule has 2 heterocycles. The summed E-state index contributed by atoms with van der Waals surface area (Å²) in [5, 5.41) is 4.64. The Balaban J connectivity index is 1.68. The molecule has 0 saturated heterocycles. The van der Waals surface area contributed by atoms with E-state index in [-0.39, 0.29) is 6.04 Å². The molecule has 21 heavy (non-hydrogen) atoms. The van der Waals surface area contributed by atoms with Gasteiger partial charge in [0.05, 0.1) is 13.4 Å². The third kappa shape index (κ3) is 3.06. The van der Waals surface area contributed by atoms with E-state index in [9.17, 15) is 0 Å². The Hall–Kier alpha value is -2.33. The number of furan rings is 1. The van der Waals surface area contributed by atoms with Gasteiger partial charge in [0.15, 0.2) is 0 Å². The first-order valence-corrected chi connectivity index (χ1v) is 6.96. The van der Waals surface area contributed by atoms with Crippen LogP contribution < -0.4 is 10.1 Å². The fourth-order valence-electron chi connectivity index (χ4n) is 2.32. The molecule has 0 radical (unpaired) electrons. The van der Waals surface area contributed by atoms with Crippen LogP contribution in [0, 0.1) is 0 Å². The van der Waals surface area contributed by atoms with Crippen LogP contribution in [-0.2, 0) is 6.54 Å². The van der Waals surface area contributed by atoms with Gasteiger partial charge in [0.2, 0.25) is 5.88 Å². The van der Waals surface area contributed by atoms with Gasteiger partial charge in [-0.3, -0.25) is 0 Å². The van der Waals surface area contributed by atoms with E-state index in [4.69, 9.17) is 9.15 Å². The fraction of sp³-hybridized carbons (Fsp3) is 0.235. The van der Waals surface area contributed by atoms with Crippen LogP contribution in [0.15, 0.2) is 53.3 Å². The normalized spacial score (nSPS) is 12.5. The molecule has 4 heteroatoms. The van der Waals surface area contributed by atoms with E-state index >= 15 is 0 Å². The molecule has 1 aromatic carbocycles. The van der Waals surface area contributed by atoms with Crippen LogP contribution in [-0.4, -0.2) is 12.1 Å². The highest BCUT2D eigenvalue weighted by atomic mass is 16.5. The van der Waals surface area contributed by atoms with Crippen molar-refractivity contribution in [2.75, 3.05) is 7.11 Å². The molecule has 0 fully saturated rings. The van der Waals surface area contributed by atoms with Crippen molar-refractivity contribution in [2.24, 2.45) is 0 Å². The average Bonchev–Trinajstić information content (AvgIpc) is 3.00. The van der Waals surface area contributed by atoms with E-state index in [1.165, 1.54) is 5.56 Å². The summed E-state index contributed by atoms with van der Waals surface area (Å²) in [6.07, 6.45) is 3.48. The van der Waals surface area contributed by atoms with Crippen molar-refractivity contribution in [1.82, 2.24) is 10.3 Å². The van der Waals surface area contributed by atoms with Crippen LogP contribution in [0.2, 0.25) is 0 Å². The minimum atomic E-state index is 0.224. The summed E-state index contributed by atoms with van der Waals surface area (Å²) in [5.74, 6) is 0.640. The molecule has 3 rings (SSSR count). The molecule has 0 aliphatic rings. The number of nitrogens with zero attached hydrogens (tertiary/aromatic N) is 1. The highest BCUT2D eigenvalue weighted by Crippen LogP contribution is 2.19. The van der Waals surface area contributed by atoms with Crippen LogP contribution in [0.1, 0.15) is 24.1 Å². The highest BCUT2D eigenvalue weighted by Gasteiger charge is 2.07. The third-order valence-corrected chi connectivity index (χ3v) is 3.60. The number of nitrogens with one attached hydrogen (secondary N) is 1. The molecule has 0 bridgehead atoms. The number of ether oxygens (including phenoxy) is 1. The van der Waals surface area contributed by atoms with Gasteiger partial charge in [0.1, 0.15) is 5.58 Å². The van der Waals surface area contributed by atoms with Gasteiger partial charge in [0.25, 0.3) is 0 Å². The minimum Gasteiger partial charge on any atom is -0.481 e. The molecule has 3 aromatic rings. The topological polar surface area (TPSA) is 47.3 Å². The van der Waals surface area contributed by atoms with Crippen molar-refractivity contribution in [2.45, 2.75) is 19.5 Å².